The third kappa shape index (κ3) is 4.06. The fraction of sp³-hybridized carbons (Fsp3) is 0.889. The molecule has 1 aliphatic carbocycles. The Morgan fingerprint density at radius 1 is 1.56 bits per heavy atom. The van der Waals surface area contributed by atoms with Crippen molar-refractivity contribution in [2.45, 2.75) is 25.3 Å². The molecule has 0 aromatic heterocycles. The van der Waals surface area contributed by atoms with Crippen molar-refractivity contribution in [3.8, 4) is 6.07 Å². The van der Waals surface area contributed by atoms with E-state index in [4.69, 9.17) is 10.00 Å². The molecule has 7 heteroatoms. The zero-order chi connectivity index (χ0) is 12.0. The van der Waals surface area contributed by atoms with Gasteiger partial charge in [0.25, 0.3) is 10.2 Å². The summed E-state index contributed by atoms with van der Waals surface area (Å²) < 4.78 is 32.3. The first kappa shape index (κ1) is 13.4. The molecule has 1 saturated carbocycles. The minimum Gasteiger partial charge on any atom is -0.383 e. The van der Waals surface area contributed by atoms with E-state index in [1.165, 1.54) is 11.4 Å². The monoisotopic (exact) mass is 247 g/mol. The van der Waals surface area contributed by atoms with Crippen LogP contribution in [0.1, 0.15) is 19.3 Å². The Labute approximate surface area is 96.4 Å². The summed E-state index contributed by atoms with van der Waals surface area (Å²) in [6, 6.07) is 2.04. The van der Waals surface area contributed by atoms with Gasteiger partial charge < -0.3 is 4.74 Å². The molecule has 0 aromatic rings. The molecule has 1 N–H and O–H groups in total. The van der Waals surface area contributed by atoms with Gasteiger partial charge in [0, 0.05) is 32.7 Å². The second kappa shape index (κ2) is 6.15. The van der Waals surface area contributed by atoms with Crippen LogP contribution >= 0.6 is 0 Å². The molecule has 0 aromatic carbocycles. The van der Waals surface area contributed by atoms with Gasteiger partial charge in [-0.2, -0.15) is 22.7 Å². The fourth-order valence-electron chi connectivity index (χ4n) is 1.38. The van der Waals surface area contributed by atoms with Crippen LogP contribution in [0, 0.1) is 11.3 Å². The van der Waals surface area contributed by atoms with Crippen molar-refractivity contribution in [2.75, 3.05) is 26.8 Å². The Hall–Kier alpha value is -0.680. The van der Waals surface area contributed by atoms with Gasteiger partial charge in [-0.1, -0.05) is 0 Å². The van der Waals surface area contributed by atoms with E-state index < -0.39 is 10.2 Å². The number of nitrogens with zero attached hydrogens (tertiary/aromatic N) is 2. The predicted octanol–water partition coefficient (Wildman–Crippen LogP) is -0.155. The number of nitriles is 1. The molecule has 0 bridgehead atoms. The van der Waals surface area contributed by atoms with Crippen molar-refractivity contribution in [3.63, 3.8) is 0 Å². The predicted molar refractivity (Wildman–Crippen MR) is 58.8 cm³/mol. The van der Waals surface area contributed by atoms with Gasteiger partial charge in [0.1, 0.15) is 0 Å². The molecule has 16 heavy (non-hydrogen) atoms. The lowest BCUT2D eigenvalue weighted by Crippen LogP contribution is -2.43. The zero-order valence-electron chi connectivity index (χ0n) is 9.35. The van der Waals surface area contributed by atoms with Crippen molar-refractivity contribution < 1.29 is 13.2 Å². The Balaban J connectivity index is 2.51. The first-order chi connectivity index (χ1) is 7.61. The second-order valence-corrected chi connectivity index (χ2v) is 5.35. The number of hydrogen-bond acceptors (Lipinski definition) is 4. The van der Waals surface area contributed by atoms with Gasteiger partial charge in [0.05, 0.1) is 12.7 Å². The number of methoxy groups -OCH3 is 1. The largest absolute Gasteiger partial charge is 0.383 e. The molecular weight excluding hydrogens is 230 g/mol. The molecule has 92 valence electrons. The fourth-order valence-corrected chi connectivity index (χ4v) is 2.82. The van der Waals surface area contributed by atoms with Gasteiger partial charge >= 0.3 is 0 Å². The smallest absolute Gasteiger partial charge is 0.279 e. The summed E-state index contributed by atoms with van der Waals surface area (Å²) in [6.07, 6.45) is 1.99. The maximum absolute atomic E-state index is 11.8. The minimum absolute atomic E-state index is 0.0772. The molecule has 0 saturated heterocycles. The average Bonchev–Trinajstić information content (AvgIpc) is 3.02. The van der Waals surface area contributed by atoms with E-state index in [-0.39, 0.29) is 25.6 Å². The lowest BCUT2D eigenvalue weighted by molar-refractivity contribution is 0.203. The Morgan fingerprint density at radius 2 is 2.25 bits per heavy atom. The Bertz CT molecular complexity index is 346. The molecular formula is C9H17N3O3S. The molecule has 0 radical (unpaired) electrons. The number of ether oxygens (including phenoxy) is 1. The summed E-state index contributed by atoms with van der Waals surface area (Å²) in [6.45, 7) is 0.869. The van der Waals surface area contributed by atoms with Crippen LogP contribution in [-0.4, -0.2) is 45.6 Å². The van der Waals surface area contributed by atoms with Gasteiger partial charge in [-0.3, -0.25) is 0 Å². The van der Waals surface area contributed by atoms with E-state index >= 15 is 0 Å². The maximum Gasteiger partial charge on any atom is 0.279 e. The molecule has 0 amide bonds. The highest BCUT2D eigenvalue weighted by Gasteiger charge is 2.36. The molecule has 0 spiro atoms. The highest BCUT2D eigenvalue weighted by atomic mass is 32.2. The maximum atomic E-state index is 11.8. The van der Waals surface area contributed by atoms with E-state index in [0.717, 1.165) is 12.8 Å². The van der Waals surface area contributed by atoms with Crippen molar-refractivity contribution in [2.24, 2.45) is 0 Å². The highest BCUT2D eigenvalue weighted by molar-refractivity contribution is 7.87. The average molecular weight is 247 g/mol. The van der Waals surface area contributed by atoms with Gasteiger partial charge in [0.15, 0.2) is 0 Å². The summed E-state index contributed by atoms with van der Waals surface area (Å²) in [5.74, 6) is 0. The van der Waals surface area contributed by atoms with Gasteiger partial charge in [-0.15, -0.1) is 0 Å². The lowest BCUT2D eigenvalue weighted by atomic mass is 10.4. The summed E-state index contributed by atoms with van der Waals surface area (Å²) in [7, 11) is -1.93. The number of hydrogen-bond donors (Lipinski definition) is 1. The highest BCUT2D eigenvalue weighted by Crippen LogP contribution is 2.28. The van der Waals surface area contributed by atoms with Crippen LogP contribution in [0.5, 0.6) is 0 Å². The SMILES string of the molecule is COCCNS(=O)(=O)N(CCC#N)C1CC1. The molecule has 1 rings (SSSR count). The summed E-state index contributed by atoms with van der Waals surface area (Å²) in [5, 5.41) is 8.49. The van der Waals surface area contributed by atoms with Crippen molar-refractivity contribution in [1.82, 2.24) is 9.03 Å². The van der Waals surface area contributed by atoms with Gasteiger partial charge in [-0.05, 0) is 12.8 Å². The normalized spacial score (nSPS) is 16.3. The third-order valence-electron chi connectivity index (χ3n) is 2.30. The molecule has 0 atom stereocenters. The van der Waals surface area contributed by atoms with E-state index in [1.807, 2.05) is 6.07 Å². The van der Waals surface area contributed by atoms with Crippen molar-refractivity contribution in [3.05, 3.63) is 0 Å². The van der Waals surface area contributed by atoms with Crippen LogP contribution < -0.4 is 4.72 Å². The van der Waals surface area contributed by atoms with Crippen molar-refractivity contribution >= 4 is 10.2 Å². The summed E-state index contributed by atoms with van der Waals surface area (Å²) in [5.41, 5.74) is 0. The molecule has 0 aliphatic heterocycles. The van der Waals surface area contributed by atoms with Gasteiger partial charge in [0.2, 0.25) is 0 Å². The second-order valence-electron chi connectivity index (χ2n) is 3.64. The van der Waals surface area contributed by atoms with E-state index in [1.54, 1.807) is 0 Å². The van der Waals surface area contributed by atoms with Crippen LogP contribution in [0.3, 0.4) is 0 Å². The van der Waals surface area contributed by atoms with E-state index in [9.17, 15) is 8.42 Å². The quantitative estimate of drug-likeness (QED) is 0.604. The zero-order valence-corrected chi connectivity index (χ0v) is 10.2. The van der Waals surface area contributed by atoms with Gasteiger partial charge in [-0.25, -0.2) is 0 Å². The van der Waals surface area contributed by atoms with E-state index in [0.29, 0.717) is 6.61 Å². The summed E-state index contributed by atoms with van der Waals surface area (Å²) in [4.78, 5) is 0. The molecule has 6 nitrogen and oxygen atoms in total. The van der Waals surface area contributed by atoms with Crippen LogP contribution in [0.2, 0.25) is 0 Å². The Kier molecular flexibility index (Phi) is 5.15. The first-order valence-electron chi connectivity index (χ1n) is 5.24. The standard InChI is InChI=1S/C9H17N3O3S/c1-15-8-6-11-16(13,14)12(7-2-5-10)9-3-4-9/h9,11H,2-4,6-8H2,1H3. The van der Waals surface area contributed by atoms with E-state index in [2.05, 4.69) is 4.72 Å². The lowest BCUT2D eigenvalue weighted by Gasteiger charge is -2.20. The van der Waals surface area contributed by atoms with Crippen LogP contribution in [0.4, 0.5) is 0 Å². The topological polar surface area (TPSA) is 82.4 Å². The number of nitrogens with one attached hydrogen (secondary N) is 1. The van der Waals surface area contributed by atoms with Crippen LogP contribution in [0.15, 0.2) is 0 Å². The van der Waals surface area contributed by atoms with Crippen LogP contribution in [-0.2, 0) is 14.9 Å². The first-order valence-corrected chi connectivity index (χ1v) is 6.68. The Morgan fingerprint density at radius 3 is 2.75 bits per heavy atom. The van der Waals surface area contributed by atoms with Crippen LogP contribution in [0.25, 0.3) is 0 Å². The molecule has 1 fully saturated rings. The third-order valence-corrected chi connectivity index (χ3v) is 3.96. The minimum atomic E-state index is -3.45. The molecule has 0 unspecified atom stereocenters. The molecule has 0 heterocycles. The summed E-state index contributed by atoms with van der Waals surface area (Å²) >= 11 is 0. The number of rotatable bonds is 8. The van der Waals surface area contributed by atoms with Crippen molar-refractivity contribution in [1.29, 1.82) is 5.26 Å². The molecule has 1 aliphatic rings.